The average molecular weight is 383 g/mol. The van der Waals surface area contributed by atoms with Crippen molar-refractivity contribution in [1.29, 1.82) is 0 Å². The van der Waals surface area contributed by atoms with E-state index >= 15 is 0 Å². The number of hydrogen-bond donors (Lipinski definition) is 1. The Hall–Kier alpha value is -1.13. The van der Waals surface area contributed by atoms with Crippen LogP contribution >= 0.6 is 23.2 Å². The lowest BCUT2D eigenvalue weighted by Gasteiger charge is -2.36. The first-order valence-electron chi connectivity index (χ1n) is 6.78. The maximum atomic E-state index is 11.0. The van der Waals surface area contributed by atoms with Gasteiger partial charge in [-0.2, -0.15) is 0 Å². The van der Waals surface area contributed by atoms with Crippen LogP contribution in [0.2, 0.25) is 10.0 Å². The van der Waals surface area contributed by atoms with Crippen LogP contribution < -0.4 is 10.0 Å². The second kappa shape index (κ2) is 7.18. The van der Waals surface area contributed by atoms with E-state index in [2.05, 4.69) is 0 Å². The van der Waals surface area contributed by atoms with E-state index in [4.69, 9.17) is 28.3 Å². The molecule has 11 heteroatoms. The standard InChI is InChI=1S/C12H16Cl2N4O4S/c13-10-7-9(18(19)20)8-11(14)12(10)17-3-1-16(2-4-17)5-6-23(15,21)22/h7-8H,1-6H2,(H2,15,21,22). The Morgan fingerprint density at radius 3 is 2.13 bits per heavy atom. The number of nitrogens with two attached hydrogens (primary N) is 1. The van der Waals surface area contributed by atoms with Crippen molar-refractivity contribution in [3.05, 3.63) is 32.3 Å². The third kappa shape index (κ3) is 4.92. The Labute approximate surface area is 143 Å². The molecule has 1 aliphatic rings. The van der Waals surface area contributed by atoms with Gasteiger partial charge < -0.3 is 4.90 Å². The van der Waals surface area contributed by atoms with Crippen LogP contribution in [0.1, 0.15) is 0 Å². The number of anilines is 1. The highest BCUT2D eigenvalue weighted by molar-refractivity contribution is 7.89. The number of nitro groups is 1. The van der Waals surface area contributed by atoms with Gasteiger partial charge in [0.2, 0.25) is 10.0 Å². The predicted octanol–water partition coefficient (Wildman–Crippen LogP) is 1.31. The summed E-state index contributed by atoms with van der Waals surface area (Å²) < 4.78 is 22.0. The van der Waals surface area contributed by atoms with Crippen LogP contribution in [-0.2, 0) is 10.0 Å². The Balaban J connectivity index is 2.04. The minimum absolute atomic E-state index is 0.0912. The van der Waals surface area contributed by atoms with E-state index in [0.29, 0.717) is 38.4 Å². The minimum atomic E-state index is -3.48. The Morgan fingerprint density at radius 1 is 1.17 bits per heavy atom. The SMILES string of the molecule is NS(=O)(=O)CCN1CCN(c2c(Cl)cc([N+](=O)[O-])cc2Cl)CC1. The molecule has 0 saturated carbocycles. The fourth-order valence-corrected chi connectivity index (χ4v) is 3.64. The van der Waals surface area contributed by atoms with Gasteiger partial charge in [0.1, 0.15) is 0 Å². The molecule has 0 spiro atoms. The lowest BCUT2D eigenvalue weighted by atomic mass is 10.2. The number of sulfonamides is 1. The number of primary sulfonamides is 1. The number of halogens is 2. The topological polar surface area (TPSA) is 110 Å². The minimum Gasteiger partial charge on any atom is -0.367 e. The Bertz CT molecular complexity index is 682. The average Bonchev–Trinajstić information content (AvgIpc) is 2.44. The highest BCUT2D eigenvalue weighted by Crippen LogP contribution is 2.37. The van der Waals surface area contributed by atoms with Crippen LogP contribution in [0, 0.1) is 10.1 Å². The van der Waals surface area contributed by atoms with Crippen LogP contribution in [0.4, 0.5) is 11.4 Å². The number of hydrogen-bond acceptors (Lipinski definition) is 6. The van der Waals surface area contributed by atoms with Gasteiger partial charge in [0.05, 0.1) is 26.4 Å². The molecule has 2 rings (SSSR count). The third-order valence-corrected chi connectivity index (χ3v) is 4.92. The van der Waals surface area contributed by atoms with Gasteiger partial charge >= 0.3 is 0 Å². The first-order valence-corrected chi connectivity index (χ1v) is 9.26. The fourth-order valence-electron chi connectivity index (χ4n) is 2.41. The van der Waals surface area contributed by atoms with Gasteiger partial charge in [-0.05, 0) is 0 Å². The molecule has 0 bridgehead atoms. The molecule has 0 aliphatic carbocycles. The van der Waals surface area contributed by atoms with E-state index in [-0.39, 0.29) is 21.5 Å². The van der Waals surface area contributed by atoms with Gasteiger partial charge in [-0.25, -0.2) is 13.6 Å². The second-order valence-electron chi connectivity index (χ2n) is 5.21. The summed E-state index contributed by atoms with van der Waals surface area (Å²) in [6, 6.07) is 2.55. The zero-order valence-electron chi connectivity index (χ0n) is 12.1. The molecule has 1 aromatic carbocycles. The Morgan fingerprint density at radius 2 is 1.70 bits per heavy atom. The van der Waals surface area contributed by atoms with E-state index < -0.39 is 14.9 Å². The van der Waals surface area contributed by atoms with Gasteiger partial charge in [0, 0.05) is 44.9 Å². The van der Waals surface area contributed by atoms with Gasteiger partial charge in [-0.1, -0.05) is 23.2 Å². The number of nitrogens with zero attached hydrogens (tertiary/aromatic N) is 3. The predicted molar refractivity (Wildman–Crippen MR) is 89.7 cm³/mol. The highest BCUT2D eigenvalue weighted by Gasteiger charge is 2.23. The lowest BCUT2D eigenvalue weighted by Crippen LogP contribution is -2.48. The van der Waals surface area contributed by atoms with Crippen molar-refractivity contribution in [2.24, 2.45) is 5.14 Å². The number of piperazine rings is 1. The molecule has 1 saturated heterocycles. The van der Waals surface area contributed by atoms with Crippen molar-refractivity contribution in [2.45, 2.75) is 0 Å². The molecule has 0 aromatic heterocycles. The summed E-state index contributed by atoms with van der Waals surface area (Å²) in [6.07, 6.45) is 0. The summed E-state index contributed by atoms with van der Waals surface area (Å²) in [5.74, 6) is -0.0912. The van der Waals surface area contributed by atoms with E-state index in [9.17, 15) is 18.5 Å². The molecule has 0 radical (unpaired) electrons. The summed E-state index contributed by atoms with van der Waals surface area (Å²) in [5.41, 5.74) is 0.403. The summed E-state index contributed by atoms with van der Waals surface area (Å²) in [5, 5.41) is 16.2. The second-order valence-corrected chi connectivity index (χ2v) is 7.76. The van der Waals surface area contributed by atoms with Gasteiger partial charge in [-0.3, -0.25) is 15.0 Å². The van der Waals surface area contributed by atoms with Gasteiger partial charge in [0.15, 0.2) is 0 Å². The van der Waals surface area contributed by atoms with E-state index in [1.54, 1.807) is 0 Å². The summed E-state index contributed by atoms with van der Waals surface area (Å²) in [4.78, 5) is 14.2. The quantitative estimate of drug-likeness (QED) is 0.607. The van der Waals surface area contributed by atoms with Crippen molar-refractivity contribution in [3.63, 3.8) is 0 Å². The molecule has 2 N–H and O–H groups in total. The van der Waals surface area contributed by atoms with Crippen molar-refractivity contribution in [3.8, 4) is 0 Å². The van der Waals surface area contributed by atoms with E-state index in [0.717, 1.165) is 0 Å². The van der Waals surface area contributed by atoms with E-state index in [1.807, 2.05) is 9.80 Å². The summed E-state index contributed by atoms with van der Waals surface area (Å²) in [7, 11) is -3.48. The van der Waals surface area contributed by atoms with Crippen LogP contribution in [-0.4, -0.2) is 56.7 Å². The number of nitro benzene ring substituents is 1. The largest absolute Gasteiger partial charge is 0.367 e. The van der Waals surface area contributed by atoms with Crippen molar-refractivity contribution in [2.75, 3.05) is 43.4 Å². The maximum absolute atomic E-state index is 11.0. The monoisotopic (exact) mass is 382 g/mol. The molecule has 0 atom stereocenters. The van der Waals surface area contributed by atoms with Gasteiger partial charge in [-0.15, -0.1) is 0 Å². The van der Waals surface area contributed by atoms with Crippen molar-refractivity contribution >= 4 is 44.6 Å². The molecule has 0 amide bonds. The van der Waals surface area contributed by atoms with Crippen molar-refractivity contribution in [1.82, 2.24) is 4.90 Å². The van der Waals surface area contributed by atoms with Gasteiger partial charge in [0.25, 0.3) is 5.69 Å². The normalized spacial score (nSPS) is 16.6. The first-order chi connectivity index (χ1) is 10.7. The van der Waals surface area contributed by atoms with Crippen molar-refractivity contribution < 1.29 is 13.3 Å². The van der Waals surface area contributed by atoms with Crippen LogP contribution in [0.15, 0.2) is 12.1 Å². The first kappa shape index (κ1) is 18.2. The third-order valence-electron chi connectivity index (χ3n) is 3.59. The fraction of sp³-hybridized carbons (Fsp3) is 0.500. The maximum Gasteiger partial charge on any atom is 0.272 e. The molecular weight excluding hydrogens is 367 g/mol. The number of non-ortho nitro benzene ring substituents is 1. The lowest BCUT2D eigenvalue weighted by molar-refractivity contribution is -0.384. The summed E-state index contributed by atoms with van der Waals surface area (Å²) >= 11 is 12.3. The van der Waals surface area contributed by atoms with Crippen LogP contribution in [0.5, 0.6) is 0 Å². The van der Waals surface area contributed by atoms with E-state index in [1.165, 1.54) is 12.1 Å². The summed E-state index contributed by atoms with van der Waals surface area (Å²) in [6.45, 7) is 2.79. The molecule has 23 heavy (non-hydrogen) atoms. The molecular formula is C12H16Cl2N4O4S. The molecule has 0 unspecified atom stereocenters. The molecule has 1 heterocycles. The zero-order valence-corrected chi connectivity index (χ0v) is 14.4. The number of rotatable bonds is 5. The molecule has 128 valence electrons. The molecule has 1 fully saturated rings. The zero-order chi connectivity index (χ0) is 17.2. The molecule has 1 aliphatic heterocycles. The smallest absolute Gasteiger partial charge is 0.272 e. The molecule has 8 nitrogen and oxygen atoms in total. The highest BCUT2D eigenvalue weighted by atomic mass is 35.5. The Kier molecular flexibility index (Phi) is 5.69. The van der Waals surface area contributed by atoms with Crippen LogP contribution in [0.3, 0.4) is 0 Å². The van der Waals surface area contributed by atoms with Crippen LogP contribution in [0.25, 0.3) is 0 Å². The number of benzene rings is 1. The molecule has 1 aromatic rings.